The molecular weight excluding hydrogens is 474 g/mol. The molecule has 0 atom stereocenters. The molecule has 0 bridgehead atoms. The van der Waals surface area contributed by atoms with Crippen LogP contribution < -0.4 is 32.7 Å². The van der Waals surface area contributed by atoms with E-state index in [0.29, 0.717) is 42.3 Å². The highest BCUT2D eigenvalue weighted by atomic mass is 16.2. The average molecular weight is 504 g/mol. The molecule has 2 aromatic carbocycles. The summed E-state index contributed by atoms with van der Waals surface area (Å²) in [6.45, 7) is 1.76. The van der Waals surface area contributed by atoms with Crippen molar-refractivity contribution in [3.8, 4) is 0 Å². The maximum atomic E-state index is 12.9. The first-order chi connectivity index (χ1) is 17.8. The number of hydrogen-bond acceptors (Lipinski definition) is 5. The van der Waals surface area contributed by atoms with Crippen molar-refractivity contribution >= 4 is 51.2 Å². The zero-order valence-electron chi connectivity index (χ0n) is 20.3. The molecule has 192 valence electrons. The Morgan fingerprint density at radius 1 is 0.784 bits per heavy atom. The van der Waals surface area contributed by atoms with Gasteiger partial charge in [0.15, 0.2) is 5.96 Å². The molecule has 0 spiro atoms. The number of hydrogen-bond donors (Lipinski definition) is 8. The highest BCUT2D eigenvalue weighted by Gasteiger charge is 2.14. The van der Waals surface area contributed by atoms with E-state index in [-0.39, 0.29) is 30.2 Å². The van der Waals surface area contributed by atoms with Crippen LogP contribution in [-0.2, 0) is 0 Å². The molecule has 0 saturated heterocycles. The van der Waals surface area contributed by atoms with Gasteiger partial charge in [-0.3, -0.25) is 19.4 Å². The van der Waals surface area contributed by atoms with Crippen molar-refractivity contribution in [2.75, 3.05) is 38.5 Å². The highest BCUT2D eigenvalue weighted by molar-refractivity contribution is 6.08. The minimum Gasteiger partial charge on any atom is -0.370 e. The normalized spacial score (nSPS) is 10.8. The van der Waals surface area contributed by atoms with Gasteiger partial charge in [0.05, 0.1) is 6.54 Å². The van der Waals surface area contributed by atoms with E-state index in [2.05, 4.69) is 36.2 Å². The number of amides is 3. The predicted octanol–water partition coefficient (Wildman–Crippen LogP) is 0.854. The molecule has 4 aromatic rings. The fourth-order valence-electron chi connectivity index (χ4n) is 3.77. The molecule has 4 rings (SSSR count). The summed E-state index contributed by atoms with van der Waals surface area (Å²) in [5, 5.41) is 13.0. The van der Waals surface area contributed by atoms with E-state index in [0.717, 1.165) is 21.8 Å². The second-order valence-corrected chi connectivity index (χ2v) is 8.35. The molecule has 3 amide bonds. The van der Waals surface area contributed by atoms with Crippen LogP contribution in [0.2, 0.25) is 0 Å². The molecule has 0 aliphatic heterocycles. The first-order valence-electron chi connectivity index (χ1n) is 11.7. The van der Waals surface area contributed by atoms with Crippen LogP contribution in [0, 0.1) is 0 Å². The Labute approximate surface area is 212 Å². The maximum Gasteiger partial charge on any atom is 0.272 e. The third kappa shape index (κ3) is 6.24. The number of carbonyl (C=O) groups is 3. The number of carbonyl (C=O) groups excluding carboxylic acids is 3. The molecular formula is C25H29N9O3. The number of nitrogens with zero attached hydrogens (tertiary/aromatic N) is 1. The van der Waals surface area contributed by atoms with Crippen molar-refractivity contribution < 1.29 is 14.4 Å². The SMILES string of the molecule is CNCCNC(=O)c1cc2ccc(NC(=O)c3cc4cc(C(=O)NCCN=C(N)N)ccc4[nH]3)cc2[nH]1. The summed E-state index contributed by atoms with van der Waals surface area (Å²) in [5.74, 6) is -0.837. The van der Waals surface area contributed by atoms with E-state index < -0.39 is 0 Å². The van der Waals surface area contributed by atoms with Gasteiger partial charge >= 0.3 is 0 Å². The highest BCUT2D eigenvalue weighted by Crippen LogP contribution is 2.22. The van der Waals surface area contributed by atoms with Crippen LogP contribution in [0.25, 0.3) is 21.8 Å². The lowest BCUT2D eigenvalue weighted by molar-refractivity contribution is 0.0944. The minimum atomic E-state index is -0.338. The zero-order valence-corrected chi connectivity index (χ0v) is 20.3. The minimum absolute atomic E-state index is 0.0328. The summed E-state index contributed by atoms with van der Waals surface area (Å²) >= 11 is 0. The summed E-state index contributed by atoms with van der Waals surface area (Å²) in [5.41, 5.74) is 13.8. The van der Waals surface area contributed by atoms with Crippen LogP contribution >= 0.6 is 0 Å². The first-order valence-corrected chi connectivity index (χ1v) is 11.7. The van der Waals surface area contributed by atoms with E-state index >= 15 is 0 Å². The molecule has 0 aliphatic rings. The summed E-state index contributed by atoms with van der Waals surface area (Å²) in [7, 11) is 1.82. The second kappa shape index (κ2) is 11.3. The number of nitrogens with one attached hydrogen (secondary N) is 6. The number of aromatic amines is 2. The molecule has 0 saturated carbocycles. The monoisotopic (exact) mass is 503 g/mol. The fourth-order valence-corrected chi connectivity index (χ4v) is 3.77. The third-order valence-electron chi connectivity index (χ3n) is 5.60. The first kappa shape index (κ1) is 25.3. The van der Waals surface area contributed by atoms with Crippen LogP contribution in [-0.4, -0.2) is 66.9 Å². The smallest absolute Gasteiger partial charge is 0.272 e. The van der Waals surface area contributed by atoms with Crippen molar-refractivity contribution in [1.82, 2.24) is 25.9 Å². The molecule has 10 N–H and O–H groups in total. The van der Waals surface area contributed by atoms with Gasteiger partial charge in [-0.2, -0.15) is 0 Å². The number of anilines is 1. The van der Waals surface area contributed by atoms with Crippen LogP contribution in [0.15, 0.2) is 53.5 Å². The Kier molecular flexibility index (Phi) is 7.69. The van der Waals surface area contributed by atoms with E-state index in [1.54, 1.807) is 42.5 Å². The van der Waals surface area contributed by atoms with Gasteiger partial charge in [-0.1, -0.05) is 6.07 Å². The number of aliphatic imine (C=N–C) groups is 1. The molecule has 12 nitrogen and oxygen atoms in total. The summed E-state index contributed by atoms with van der Waals surface area (Å²) in [6, 6.07) is 13.9. The number of benzene rings is 2. The van der Waals surface area contributed by atoms with E-state index in [1.165, 1.54) is 0 Å². The van der Waals surface area contributed by atoms with Gasteiger partial charge in [-0.15, -0.1) is 0 Å². The van der Waals surface area contributed by atoms with Crippen molar-refractivity contribution in [3.63, 3.8) is 0 Å². The topological polar surface area (TPSA) is 195 Å². The van der Waals surface area contributed by atoms with Crippen molar-refractivity contribution in [2.45, 2.75) is 0 Å². The molecule has 0 aliphatic carbocycles. The Bertz CT molecular complexity index is 1480. The Balaban J connectivity index is 1.42. The number of guanidine groups is 1. The average Bonchev–Trinajstić information content (AvgIpc) is 3.50. The lowest BCUT2D eigenvalue weighted by Gasteiger charge is -2.04. The van der Waals surface area contributed by atoms with Gasteiger partial charge in [-0.25, -0.2) is 0 Å². The maximum absolute atomic E-state index is 12.9. The van der Waals surface area contributed by atoms with Gasteiger partial charge in [0.1, 0.15) is 11.4 Å². The van der Waals surface area contributed by atoms with E-state index in [1.807, 2.05) is 13.1 Å². The summed E-state index contributed by atoms with van der Waals surface area (Å²) in [4.78, 5) is 47.6. The molecule has 37 heavy (non-hydrogen) atoms. The largest absolute Gasteiger partial charge is 0.370 e. The lowest BCUT2D eigenvalue weighted by atomic mass is 10.1. The molecule has 0 radical (unpaired) electrons. The Morgan fingerprint density at radius 3 is 2.30 bits per heavy atom. The molecule has 2 heterocycles. The van der Waals surface area contributed by atoms with E-state index in [9.17, 15) is 14.4 Å². The quantitative estimate of drug-likeness (QED) is 0.0897. The third-order valence-corrected chi connectivity index (χ3v) is 5.60. The number of aromatic nitrogens is 2. The molecule has 2 aromatic heterocycles. The van der Waals surface area contributed by atoms with E-state index in [4.69, 9.17) is 11.5 Å². The van der Waals surface area contributed by atoms with Gasteiger partial charge < -0.3 is 42.7 Å². The lowest BCUT2D eigenvalue weighted by Crippen LogP contribution is -2.30. The number of H-pyrrole nitrogens is 2. The van der Waals surface area contributed by atoms with Crippen LogP contribution in [0.5, 0.6) is 0 Å². The van der Waals surface area contributed by atoms with Gasteiger partial charge in [0.2, 0.25) is 0 Å². The van der Waals surface area contributed by atoms with Gasteiger partial charge in [0, 0.05) is 52.7 Å². The molecule has 12 heteroatoms. The van der Waals surface area contributed by atoms with Gasteiger partial charge in [-0.05, 0) is 49.5 Å². The van der Waals surface area contributed by atoms with Crippen LogP contribution in [0.4, 0.5) is 5.69 Å². The van der Waals surface area contributed by atoms with Crippen molar-refractivity contribution in [2.24, 2.45) is 16.5 Å². The number of rotatable bonds is 10. The van der Waals surface area contributed by atoms with Crippen molar-refractivity contribution in [3.05, 3.63) is 65.5 Å². The standard InChI is InChI=1S/C25H29N9O3/c1-28-6-7-30-23(36)20-11-14-2-4-17(13-19(14)34-20)32-24(37)21-12-16-10-15(3-5-18(16)33-21)22(35)29-8-9-31-25(26)27/h2-5,10-13,28,33-34H,6-9H2,1H3,(H,29,35)(H,30,36)(H,32,37)(H4,26,27,31). The summed E-state index contributed by atoms with van der Waals surface area (Å²) < 4.78 is 0. The van der Waals surface area contributed by atoms with Crippen molar-refractivity contribution in [1.29, 1.82) is 0 Å². The van der Waals surface area contributed by atoms with Crippen LogP contribution in [0.3, 0.4) is 0 Å². The number of nitrogens with two attached hydrogens (primary N) is 2. The molecule has 0 unspecified atom stereocenters. The predicted molar refractivity (Wildman–Crippen MR) is 144 cm³/mol. The molecule has 0 fully saturated rings. The van der Waals surface area contributed by atoms with Gasteiger partial charge in [0.25, 0.3) is 17.7 Å². The summed E-state index contributed by atoms with van der Waals surface area (Å²) in [6.07, 6.45) is 0. The number of fused-ring (bicyclic) bond motifs is 2. The van der Waals surface area contributed by atoms with Crippen LogP contribution in [0.1, 0.15) is 31.3 Å². The Hall–Kier alpha value is -4.84. The fraction of sp³-hybridized carbons (Fsp3) is 0.200. The Morgan fingerprint density at radius 2 is 1.51 bits per heavy atom. The zero-order chi connectivity index (χ0) is 26.4. The number of likely N-dealkylation sites (N-methyl/N-ethyl adjacent to an activating group) is 1. The second-order valence-electron chi connectivity index (χ2n) is 8.35.